The molecule has 1 atom stereocenters. The molecule has 1 aromatic carbocycles. The zero-order valence-corrected chi connectivity index (χ0v) is 9.71. The lowest BCUT2D eigenvalue weighted by atomic mass is 9.79. The molecule has 0 aliphatic carbocycles. The SMILES string of the molecule is OB(O)c1ccccc1OCCC1CCCO1. The Kier molecular flexibility index (Phi) is 4.42. The molecule has 1 aliphatic rings. The zero-order chi connectivity index (χ0) is 12.1. The summed E-state index contributed by atoms with van der Waals surface area (Å²) in [5.41, 5.74) is 0.403. The number of hydrogen-bond acceptors (Lipinski definition) is 4. The molecule has 5 heteroatoms. The maximum Gasteiger partial charge on any atom is 0.492 e. The van der Waals surface area contributed by atoms with E-state index in [4.69, 9.17) is 19.5 Å². The molecule has 0 bridgehead atoms. The molecule has 0 spiro atoms. The maximum absolute atomic E-state index is 9.17. The third kappa shape index (κ3) is 3.46. The summed E-state index contributed by atoms with van der Waals surface area (Å²) in [7, 11) is -1.49. The summed E-state index contributed by atoms with van der Waals surface area (Å²) in [4.78, 5) is 0. The van der Waals surface area contributed by atoms with Crippen molar-refractivity contribution in [2.75, 3.05) is 13.2 Å². The summed E-state index contributed by atoms with van der Waals surface area (Å²) in [6.07, 6.45) is 3.35. The van der Waals surface area contributed by atoms with Crippen molar-refractivity contribution in [3.63, 3.8) is 0 Å². The van der Waals surface area contributed by atoms with Gasteiger partial charge in [0.15, 0.2) is 0 Å². The van der Waals surface area contributed by atoms with Crippen molar-refractivity contribution >= 4 is 12.6 Å². The van der Waals surface area contributed by atoms with Crippen LogP contribution in [0.25, 0.3) is 0 Å². The van der Waals surface area contributed by atoms with Gasteiger partial charge in [-0.3, -0.25) is 0 Å². The molecular weight excluding hydrogens is 219 g/mol. The van der Waals surface area contributed by atoms with Crippen molar-refractivity contribution in [1.82, 2.24) is 0 Å². The Morgan fingerprint density at radius 3 is 2.88 bits per heavy atom. The van der Waals surface area contributed by atoms with Gasteiger partial charge in [0.2, 0.25) is 0 Å². The Morgan fingerprint density at radius 2 is 2.18 bits per heavy atom. The van der Waals surface area contributed by atoms with Gasteiger partial charge in [0, 0.05) is 18.5 Å². The van der Waals surface area contributed by atoms with Gasteiger partial charge in [-0.05, 0) is 18.9 Å². The molecule has 0 saturated carbocycles. The van der Waals surface area contributed by atoms with Gasteiger partial charge in [0.25, 0.3) is 0 Å². The fraction of sp³-hybridized carbons (Fsp3) is 0.500. The Bertz CT molecular complexity index is 350. The van der Waals surface area contributed by atoms with Gasteiger partial charge in [-0.2, -0.15) is 0 Å². The van der Waals surface area contributed by atoms with E-state index in [-0.39, 0.29) is 0 Å². The van der Waals surface area contributed by atoms with Crippen LogP contribution in [-0.2, 0) is 4.74 Å². The second kappa shape index (κ2) is 6.05. The number of rotatable bonds is 5. The highest BCUT2D eigenvalue weighted by atomic mass is 16.5. The van der Waals surface area contributed by atoms with Crippen molar-refractivity contribution in [2.24, 2.45) is 0 Å². The van der Waals surface area contributed by atoms with E-state index in [2.05, 4.69) is 0 Å². The molecule has 0 radical (unpaired) electrons. The Balaban J connectivity index is 1.85. The summed E-state index contributed by atoms with van der Waals surface area (Å²) in [5.74, 6) is 0.528. The van der Waals surface area contributed by atoms with Crippen LogP contribution in [0.15, 0.2) is 24.3 Å². The van der Waals surface area contributed by atoms with Crippen LogP contribution in [0.3, 0.4) is 0 Å². The minimum Gasteiger partial charge on any atom is -0.494 e. The molecule has 1 heterocycles. The van der Waals surface area contributed by atoms with E-state index in [0.29, 0.717) is 23.9 Å². The monoisotopic (exact) mass is 236 g/mol. The van der Waals surface area contributed by atoms with E-state index in [1.165, 1.54) is 0 Å². The summed E-state index contributed by atoms with van der Waals surface area (Å²) < 4.78 is 11.1. The minimum atomic E-state index is -1.49. The smallest absolute Gasteiger partial charge is 0.492 e. The lowest BCUT2D eigenvalue weighted by molar-refractivity contribution is 0.0905. The van der Waals surface area contributed by atoms with E-state index in [1.54, 1.807) is 18.2 Å². The second-order valence-electron chi connectivity index (χ2n) is 4.18. The Labute approximate surface area is 101 Å². The summed E-state index contributed by atoms with van der Waals surface area (Å²) in [6, 6.07) is 6.95. The first-order valence-corrected chi connectivity index (χ1v) is 5.97. The summed E-state index contributed by atoms with van der Waals surface area (Å²) >= 11 is 0. The van der Waals surface area contributed by atoms with Crippen LogP contribution < -0.4 is 10.2 Å². The zero-order valence-electron chi connectivity index (χ0n) is 9.71. The van der Waals surface area contributed by atoms with Crippen molar-refractivity contribution in [3.8, 4) is 5.75 Å². The van der Waals surface area contributed by atoms with Crippen molar-refractivity contribution in [3.05, 3.63) is 24.3 Å². The highest BCUT2D eigenvalue weighted by Crippen LogP contribution is 2.16. The highest BCUT2D eigenvalue weighted by molar-refractivity contribution is 6.59. The van der Waals surface area contributed by atoms with Gasteiger partial charge in [0.1, 0.15) is 5.75 Å². The van der Waals surface area contributed by atoms with Gasteiger partial charge in [-0.1, -0.05) is 18.2 Å². The number of hydrogen-bond donors (Lipinski definition) is 2. The van der Waals surface area contributed by atoms with E-state index in [0.717, 1.165) is 25.9 Å². The molecule has 2 rings (SSSR count). The molecule has 1 aliphatic heterocycles. The molecule has 0 aromatic heterocycles. The fourth-order valence-electron chi connectivity index (χ4n) is 2.00. The van der Waals surface area contributed by atoms with Crippen molar-refractivity contribution < 1.29 is 19.5 Å². The average Bonchev–Trinajstić information content (AvgIpc) is 2.82. The first-order valence-electron chi connectivity index (χ1n) is 5.97. The third-order valence-corrected chi connectivity index (χ3v) is 2.92. The van der Waals surface area contributed by atoms with Crippen LogP contribution in [0, 0.1) is 0 Å². The lowest BCUT2D eigenvalue weighted by Gasteiger charge is -2.13. The lowest BCUT2D eigenvalue weighted by Crippen LogP contribution is -2.31. The first kappa shape index (κ1) is 12.4. The number of para-hydroxylation sites is 1. The van der Waals surface area contributed by atoms with E-state index in [9.17, 15) is 0 Å². The average molecular weight is 236 g/mol. The number of benzene rings is 1. The van der Waals surface area contributed by atoms with Gasteiger partial charge >= 0.3 is 7.12 Å². The van der Waals surface area contributed by atoms with E-state index < -0.39 is 7.12 Å². The third-order valence-electron chi connectivity index (χ3n) is 2.92. The van der Waals surface area contributed by atoms with Crippen LogP contribution in [0.1, 0.15) is 19.3 Å². The highest BCUT2D eigenvalue weighted by Gasteiger charge is 2.18. The normalized spacial score (nSPS) is 19.3. The Hall–Kier alpha value is -1.04. The molecule has 1 unspecified atom stereocenters. The largest absolute Gasteiger partial charge is 0.494 e. The standard InChI is InChI=1S/C12H17BO4/c14-13(15)11-5-1-2-6-12(11)17-9-7-10-4-3-8-16-10/h1-2,5-6,10,14-15H,3-4,7-9H2. The van der Waals surface area contributed by atoms with Crippen molar-refractivity contribution in [2.45, 2.75) is 25.4 Å². The van der Waals surface area contributed by atoms with Crippen LogP contribution in [0.2, 0.25) is 0 Å². The predicted molar refractivity (Wildman–Crippen MR) is 65.4 cm³/mol. The second-order valence-corrected chi connectivity index (χ2v) is 4.18. The molecule has 4 nitrogen and oxygen atoms in total. The predicted octanol–water partition coefficient (Wildman–Crippen LogP) is 0.314. The molecule has 17 heavy (non-hydrogen) atoms. The van der Waals surface area contributed by atoms with Crippen LogP contribution in [0.4, 0.5) is 0 Å². The maximum atomic E-state index is 9.17. The first-order chi connectivity index (χ1) is 8.27. The van der Waals surface area contributed by atoms with E-state index >= 15 is 0 Å². The topological polar surface area (TPSA) is 58.9 Å². The van der Waals surface area contributed by atoms with Gasteiger partial charge < -0.3 is 19.5 Å². The minimum absolute atomic E-state index is 0.293. The molecular formula is C12H17BO4. The Morgan fingerprint density at radius 1 is 1.35 bits per heavy atom. The van der Waals surface area contributed by atoms with Crippen molar-refractivity contribution in [1.29, 1.82) is 0 Å². The van der Waals surface area contributed by atoms with Gasteiger partial charge in [-0.25, -0.2) is 0 Å². The molecule has 1 saturated heterocycles. The van der Waals surface area contributed by atoms with Gasteiger partial charge in [0.05, 0.1) is 12.7 Å². The molecule has 1 fully saturated rings. The molecule has 0 amide bonds. The molecule has 92 valence electrons. The van der Waals surface area contributed by atoms with E-state index in [1.807, 2.05) is 6.07 Å². The van der Waals surface area contributed by atoms with Gasteiger partial charge in [-0.15, -0.1) is 0 Å². The molecule has 1 aromatic rings. The van der Waals surface area contributed by atoms with Crippen LogP contribution in [-0.4, -0.2) is 36.5 Å². The van der Waals surface area contributed by atoms with Crippen LogP contribution in [0.5, 0.6) is 5.75 Å². The number of ether oxygens (including phenoxy) is 2. The van der Waals surface area contributed by atoms with Crippen LogP contribution >= 0.6 is 0 Å². The quantitative estimate of drug-likeness (QED) is 0.722. The summed E-state index contributed by atoms with van der Waals surface area (Å²) in [6.45, 7) is 1.38. The summed E-state index contributed by atoms with van der Waals surface area (Å²) in [5, 5.41) is 18.3. The fourth-order valence-corrected chi connectivity index (χ4v) is 2.00. The molecule has 2 N–H and O–H groups in total.